The lowest BCUT2D eigenvalue weighted by Crippen LogP contribution is -2.34. The van der Waals surface area contributed by atoms with E-state index in [2.05, 4.69) is 14.8 Å². The molecule has 32 heavy (non-hydrogen) atoms. The molecule has 3 aromatic rings. The molecule has 0 amide bonds. The number of rotatable bonds is 5. The number of aryl methyl sites for hydroxylation is 1. The molecule has 2 fully saturated rings. The summed E-state index contributed by atoms with van der Waals surface area (Å²) in [7, 11) is 1.94. The van der Waals surface area contributed by atoms with Gasteiger partial charge in [-0.1, -0.05) is 6.07 Å². The second kappa shape index (κ2) is 8.94. The fourth-order valence-corrected chi connectivity index (χ4v) is 4.89. The maximum Gasteiger partial charge on any atom is 0.225 e. The summed E-state index contributed by atoms with van der Waals surface area (Å²) in [5, 5.41) is 4.81. The van der Waals surface area contributed by atoms with Gasteiger partial charge in [-0.2, -0.15) is 5.10 Å². The number of hydrogen-bond acceptors (Lipinski definition) is 5. The van der Waals surface area contributed by atoms with E-state index >= 15 is 0 Å². The van der Waals surface area contributed by atoms with Gasteiger partial charge in [-0.05, 0) is 56.0 Å². The van der Waals surface area contributed by atoms with Crippen LogP contribution in [-0.2, 0) is 13.6 Å². The molecule has 168 valence electrons. The fraction of sp³-hybridized carbons (Fsp3) is 0.458. The van der Waals surface area contributed by atoms with Crippen LogP contribution in [0.1, 0.15) is 42.9 Å². The van der Waals surface area contributed by atoms with E-state index in [4.69, 9.17) is 10.1 Å². The third kappa shape index (κ3) is 4.37. The molecule has 0 N–H and O–H groups in total. The monoisotopic (exact) mass is 438 g/mol. The normalized spacial score (nSPS) is 19.6. The molecular formula is C24H28F2N6. The van der Waals surface area contributed by atoms with E-state index in [9.17, 15) is 8.78 Å². The lowest BCUT2D eigenvalue weighted by molar-refractivity contribution is 0.198. The zero-order valence-electron chi connectivity index (χ0n) is 18.3. The van der Waals surface area contributed by atoms with E-state index in [-0.39, 0.29) is 5.92 Å². The molecule has 0 spiro atoms. The number of aromatic nitrogens is 4. The second-order valence-electron chi connectivity index (χ2n) is 8.86. The third-order valence-corrected chi connectivity index (χ3v) is 6.45. The Bertz CT molecular complexity index is 1090. The lowest BCUT2D eigenvalue weighted by Gasteiger charge is -2.32. The predicted octanol–water partition coefficient (Wildman–Crippen LogP) is 4.14. The largest absolute Gasteiger partial charge is 0.341 e. The van der Waals surface area contributed by atoms with Crippen molar-refractivity contribution in [2.24, 2.45) is 7.05 Å². The van der Waals surface area contributed by atoms with Crippen molar-refractivity contribution >= 4 is 5.95 Å². The second-order valence-corrected chi connectivity index (χ2v) is 8.86. The molecule has 0 aliphatic carbocycles. The summed E-state index contributed by atoms with van der Waals surface area (Å²) in [4.78, 5) is 13.9. The van der Waals surface area contributed by atoms with Crippen molar-refractivity contribution in [1.82, 2.24) is 24.6 Å². The number of anilines is 1. The Morgan fingerprint density at radius 3 is 2.69 bits per heavy atom. The molecule has 8 heteroatoms. The van der Waals surface area contributed by atoms with Gasteiger partial charge in [0.05, 0.1) is 11.4 Å². The molecular weight excluding hydrogens is 410 g/mol. The zero-order valence-corrected chi connectivity index (χ0v) is 18.3. The molecule has 1 atom stereocenters. The van der Waals surface area contributed by atoms with E-state index in [1.54, 1.807) is 6.07 Å². The smallest absolute Gasteiger partial charge is 0.225 e. The van der Waals surface area contributed by atoms with Crippen LogP contribution in [0.15, 0.2) is 36.7 Å². The number of hydrogen-bond donors (Lipinski definition) is 0. The van der Waals surface area contributed by atoms with Crippen LogP contribution in [0.2, 0.25) is 0 Å². The van der Waals surface area contributed by atoms with Crippen LogP contribution in [0.25, 0.3) is 11.3 Å². The molecule has 5 rings (SSSR count). The first-order valence-electron chi connectivity index (χ1n) is 11.3. The van der Waals surface area contributed by atoms with Crippen molar-refractivity contribution in [2.45, 2.75) is 38.1 Å². The van der Waals surface area contributed by atoms with Gasteiger partial charge < -0.3 is 4.90 Å². The average molecular weight is 439 g/mol. The maximum atomic E-state index is 13.6. The van der Waals surface area contributed by atoms with Crippen molar-refractivity contribution in [2.75, 3.05) is 31.1 Å². The summed E-state index contributed by atoms with van der Waals surface area (Å²) in [5.74, 6) is -0.545. The highest BCUT2D eigenvalue weighted by Crippen LogP contribution is 2.34. The molecule has 2 saturated heterocycles. The van der Waals surface area contributed by atoms with Gasteiger partial charge in [0.2, 0.25) is 5.95 Å². The van der Waals surface area contributed by atoms with Gasteiger partial charge in [0.25, 0.3) is 0 Å². The molecule has 2 aliphatic heterocycles. The quantitative estimate of drug-likeness (QED) is 0.599. The first-order chi connectivity index (χ1) is 15.6. The first kappa shape index (κ1) is 21.0. The summed E-state index contributed by atoms with van der Waals surface area (Å²) >= 11 is 0. The molecule has 4 heterocycles. The van der Waals surface area contributed by atoms with Crippen LogP contribution in [0.5, 0.6) is 0 Å². The minimum atomic E-state index is -0.804. The summed E-state index contributed by atoms with van der Waals surface area (Å²) in [5.41, 5.74) is 3.79. The molecule has 2 aliphatic rings. The van der Waals surface area contributed by atoms with Crippen LogP contribution < -0.4 is 4.90 Å². The highest BCUT2D eigenvalue weighted by molar-refractivity contribution is 5.63. The maximum absolute atomic E-state index is 13.6. The van der Waals surface area contributed by atoms with E-state index in [0.29, 0.717) is 6.54 Å². The Labute approximate surface area is 186 Å². The van der Waals surface area contributed by atoms with Gasteiger partial charge in [0.15, 0.2) is 11.6 Å². The van der Waals surface area contributed by atoms with Gasteiger partial charge in [0.1, 0.15) is 0 Å². The molecule has 6 nitrogen and oxygen atoms in total. The summed E-state index contributed by atoms with van der Waals surface area (Å²) in [6, 6.07) is 6.12. The highest BCUT2D eigenvalue weighted by atomic mass is 19.2. The number of likely N-dealkylation sites (tertiary alicyclic amines) is 1. The number of piperidine rings is 1. The Hall–Kier alpha value is -2.87. The van der Waals surface area contributed by atoms with E-state index in [0.717, 1.165) is 67.5 Å². The topological polar surface area (TPSA) is 50.1 Å². The third-order valence-electron chi connectivity index (χ3n) is 6.45. The standard InChI is InChI=1S/C24H28F2N6/c1-30-16-19(22-8-9-27-24(28-22)32-11-2-3-12-32)23(29-30)18-5-4-10-31(15-18)14-17-6-7-20(25)21(26)13-17/h6-9,13,16,18H,2-5,10-12,14-15H2,1H3. The van der Waals surface area contributed by atoms with Crippen molar-refractivity contribution in [3.63, 3.8) is 0 Å². The van der Waals surface area contributed by atoms with Gasteiger partial charge in [-0.15, -0.1) is 0 Å². The predicted molar refractivity (Wildman–Crippen MR) is 119 cm³/mol. The Balaban J connectivity index is 1.37. The van der Waals surface area contributed by atoms with Crippen molar-refractivity contribution < 1.29 is 8.78 Å². The molecule has 0 radical (unpaired) electrons. The SMILES string of the molecule is Cn1cc(-c2ccnc(N3CCCC3)n2)c(C2CCCN(Cc3ccc(F)c(F)c3)C2)n1. The number of benzene rings is 1. The number of nitrogens with zero attached hydrogens (tertiary/aromatic N) is 6. The highest BCUT2D eigenvalue weighted by Gasteiger charge is 2.27. The van der Waals surface area contributed by atoms with Crippen LogP contribution in [0, 0.1) is 11.6 Å². The molecule has 1 unspecified atom stereocenters. The van der Waals surface area contributed by atoms with Gasteiger partial charge in [-0.3, -0.25) is 9.58 Å². The van der Waals surface area contributed by atoms with Gasteiger partial charge in [0, 0.05) is 57.1 Å². The summed E-state index contributed by atoms with van der Waals surface area (Å²) in [6.07, 6.45) is 8.32. The Kier molecular flexibility index (Phi) is 5.87. The minimum Gasteiger partial charge on any atom is -0.341 e. The number of halogens is 2. The van der Waals surface area contributed by atoms with Crippen LogP contribution >= 0.6 is 0 Å². The average Bonchev–Trinajstić information content (AvgIpc) is 3.47. The van der Waals surface area contributed by atoms with Gasteiger partial charge >= 0.3 is 0 Å². The summed E-state index contributed by atoms with van der Waals surface area (Å²) < 4.78 is 28.8. The Morgan fingerprint density at radius 1 is 1.03 bits per heavy atom. The molecule has 0 saturated carbocycles. The lowest BCUT2D eigenvalue weighted by atomic mass is 9.91. The van der Waals surface area contributed by atoms with Gasteiger partial charge in [-0.25, -0.2) is 18.7 Å². The van der Waals surface area contributed by atoms with Crippen molar-refractivity contribution in [3.8, 4) is 11.3 Å². The summed E-state index contributed by atoms with van der Waals surface area (Å²) in [6.45, 7) is 4.37. The van der Waals surface area contributed by atoms with E-state index in [1.165, 1.54) is 25.0 Å². The van der Waals surface area contributed by atoms with E-state index < -0.39 is 11.6 Å². The van der Waals surface area contributed by atoms with Crippen LogP contribution in [0.3, 0.4) is 0 Å². The van der Waals surface area contributed by atoms with Crippen LogP contribution in [-0.4, -0.2) is 50.8 Å². The molecule has 1 aromatic carbocycles. The van der Waals surface area contributed by atoms with Crippen molar-refractivity contribution in [1.29, 1.82) is 0 Å². The zero-order chi connectivity index (χ0) is 22.1. The first-order valence-corrected chi connectivity index (χ1v) is 11.3. The van der Waals surface area contributed by atoms with E-state index in [1.807, 2.05) is 30.2 Å². The fourth-order valence-electron chi connectivity index (χ4n) is 4.89. The Morgan fingerprint density at radius 2 is 1.88 bits per heavy atom. The molecule has 0 bridgehead atoms. The van der Waals surface area contributed by atoms with Crippen LogP contribution in [0.4, 0.5) is 14.7 Å². The minimum absolute atomic E-state index is 0.260. The van der Waals surface area contributed by atoms with Crippen molar-refractivity contribution in [3.05, 3.63) is 59.6 Å². The molecule has 2 aromatic heterocycles.